The van der Waals surface area contributed by atoms with Gasteiger partial charge in [0.25, 0.3) is 0 Å². The van der Waals surface area contributed by atoms with Crippen molar-refractivity contribution in [1.82, 2.24) is 4.90 Å². The van der Waals surface area contributed by atoms with Crippen molar-refractivity contribution in [2.24, 2.45) is 0 Å². The van der Waals surface area contributed by atoms with E-state index in [0.717, 1.165) is 5.56 Å². The van der Waals surface area contributed by atoms with Crippen LogP contribution in [0, 0.1) is 0 Å². The van der Waals surface area contributed by atoms with Gasteiger partial charge in [0, 0.05) is 13.0 Å². The average Bonchev–Trinajstić information content (AvgIpc) is 2.44. The van der Waals surface area contributed by atoms with Crippen LogP contribution in [0.5, 0.6) is 0 Å². The zero-order valence-corrected chi connectivity index (χ0v) is 11.8. The van der Waals surface area contributed by atoms with Crippen molar-refractivity contribution in [3.63, 3.8) is 0 Å². The van der Waals surface area contributed by atoms with E-state index < -0.39 is 6.04 Å². The number of rotatable bonds is 6. The number of carbonyl (C=O) groups is 2. The van der Waals surface area contributed by atoms with Gasteiger partial charge in [0.15, 0.2) is 0 Å². The molecule has 0 fully saturated rings. The summed E-state index contributed by atoms with van der Waals surface area (Å²) in [6, 6.07) is 9.07. The maximum Gasteiger partial charge on any atom is 0.328 e. The fraction of sp³-hybridized carbons (Fsp3) is 0.467. The Balaban J connectivity index is 2.83. The first-order valence-corrected chi connectivity index (χ1v) is 6.60. The van der Waals surface area contributed by atoms with Crippen LogP contribution in [-0.2, 0) is 20.9 Å². The number of hydrogen-bond acceptors (Lipinski definition) is 3. The quantitative estimate of drug-likeness (QED) is 0.740. The highest BCUT2D eigenvalue weighted by Crippen LogP contribution is 2.11. The molecule has 104 valence electrons. The number of amides is 1. The molecule has 1 unspecified atom stereocenters. The van der Waals surface area contributed by atoms with Gasteiger partial charge in [-0.3, -0.25) is 4.79 Å². The summed E-state index contributed by atoms with van der Waals surface area (Å²) in [6.07, 6.45) is 0.372. The summed E-state index contributed by atoms with van der Waals surface area (Å²) >= 11 is 0. The maximum absolute atomic E-state index is 12.0. The molecule has 4 nitrogen and oxygen atoms in total. The molecule has 1 aromatic rings. The average molecular weight is 263 g/mol. The topological polar surface area (TPSA) is 46.6 Å². The maximum atomic E-state index is 12.0. The number of nitrogens with zero attached hydrogens (tertiary/aromatic N) is 1. The zero-order chi connectivity index (χ0) is 14.3. The van der Waals surface area contributed by atoms with Gasteiger partial charge in [-0.1, -0.05) is 37.3 Å². The molecule has 0 spiro atoms. The summed E-state index contributed by atoms with van der Waals surface area (Å²) < 4.78 is 4.98. The Labute approximate surface area is 114 Å². The van der Waals surface area contributed by atoms with Gasteiger partial charge < -0.3 is 9.64 Å². The normalized spacial score (nSPS) is 11.7. The van der Waals surface area contributed by atoms with Gasteiger partial charge in [0.2, 0.25) is 5.91 Å². The van der Waals surface area contributed by atoms with E-state index in [0.29, 0.717) is 19.6 Å². The minimum Gasteiger partial charge on any atom is -0.464 e. The summed E-state index contributed by atoms with van der Waals surface area (Å²) in [4.78, 5) is 25.3. The van der Waals surface area contributed by atoms with Crippen LogP contribution >= 0.6 is 0 Å². The van der Waals surface area contributed by atoms with Crippen LogP contribution in [0.25, 0.3) is 0 Å². The molecule has 0 aliphatic carbocycles. The first-order valence-electron chi connectivity index (χ1n) is 6.60. The van der Waals surface area contributed by atoms with Crippen LogP contribution in [0.3, 0.4) is 0 Å². The number of benzene rings is 1. The van der Waals surface area contributed by atoms with Gasteiger partial charge in [-0.05, 0) is 19.4 Å². The van der Waals surface area contributed by atoms with E-state index in [-0.39, 0.29) is 11.9 Å². The number of ether oxygens (including phenoxy) is 1. The van der Waals surface area contributed by atoms with Crippen LogP contribution in [0.2, 0.25) is 0 Å². The van der Waals surface area contributed by atoms with Crippen molar-refractivity contribution in [2.75, 3.05) is 6.61 Å². The minimum atomic E-state index is -0.562. The number of carbonyl (C=O) groups excluding carboxylic acids is 2. The molecule has 0 aromatic heterocycles. The molecule has 0 saturated heterocycles. The highest BCUT2D eigenvalue weighted by Gasteiger charge is 2.25. The van der Waals surface area contributed by atoms with Gasteiger partial charge in [0.05, 0.1) is 6.61 Å². The van der Waals surface area contributed by atoms with E-state index in [9.17, 15) is 9.59 Å². The van der Waals surface area contributed by atoms with Gasteiger partial charge in [0.1, 0.15) is 6.04 Å². The molecule has 1 amide bonds. The van der Waals surface area contributed by atoms with E-state index in [1.807, 2.05) is 30.3 Å². The predicted octanol–water partition coefficient (Wildman–Crippen LogP) is 2.38. The van der Waals surface area contributed by atoms with Gasteiger partial charge in [-0.25, -0.2) is 4.79 Å². The SMILES string of the molecule is CCOC(=O)C(C)N(Cc1ccccc1)C(=O)CC. The molecule has 0 aliphatic rings. The standard InChI is InChI=1S/C15H21NO3/c1-4-14(17)16(12(3)15(18)19-5-2)11-13-9-7-6-8-10-13/h6-10,12H,4-5,11H2,1-3H3. The molecule has 1 aromatic carbocycles. The van der Waals surface area contributed by atoms with Crippen LogP contribution < -0.4 is 0 Å². The van der Waals surface area contributed by atoms with Crippen molar-refractivity contribution in [2.45, 2.75) is 39.8 Å². The van der Waals surface area contributed by atoms with Crippen LogP contribution in [0.1, 0.15) is 32.8 Å². The van der Waals surface area contributed by atoms with Gasteiger partial charge >= 0.3 is 5.97 Å². The van der Waals surface area contributed by atoms with Crippen molar-refractivity contribution in [3.05, 3.63) is 35.9 Å². The third kappa shape index (κ3) is 4.39. The zero-order valence-electron chi connectivity index (χ0n) is 11.8. The highest BCUT2D eigenvalue weighted by molar-refractivity contribution is 5.84. The second-order valence-electron chi connectivity index (χ2n) is 4.29. The Morgan fingerprint density at radius 1 is 1.21 bits per heavy atom. The van der Waals surface area contributed by atoms with Crippen molar-refractivity contribution >= 4 is 11.9 Å². The fourth-order valence-electron chi connectivity index (χ4n) is 1.81. The minimum absolute atomic E-state index is 0.0515. The Morgan fingerprint density at radius 2 is 1.84 bits per heavy atom. The second-order valence-corrected chi connectivity index (χ2v) is 4.29. The lowest BCUT2D eigenvalue weighted by molar-refractivity contribution is -0.154. The van der Waals surface area contributed by atoms with E-state index in [2.05, 4.69) is 0 Å². The van der Waals surface area contributed by atoms with Crippen molar-refractivity contribution in [1.29, 1.82) is 0 Å². The van der Waals surface area contributed by atoms with Gasteiger partial charge in [-0.15, -0.1) is 0 Å². The lowest BCUT2D eigenvalue weighted by atomic mass is 10.1. The summed E-state index contributed by atoms with van der Waals surface area (Å²) in [7, 11) is 0. The first-order chi connectivity index (χ1) is 9.10. The van der Waals surface area contributed by atoms with E-state index in [1.165, 1.54) is 0 Å². The van der Waals surface area contributed by atoms with Gasteiger partial charge in [-0.2, -0.15) is 0 Å². The molecule has 0 heterocycles. The summed E-state index contributed by atoms with van der Waals surface area (Å²) in [6.45, 7) is 6.00. The van der Waals surface area contributed by atoms with E-state index in [4.69, 9.17) is 4.74 Å². The van der Waals surface area contributed by atoms with Crippen LogP contribution in [0.4, 0.5) is 0 Å². The molecule has 1 rings (SSSR count). The smallest absolute Gasteiger partial charge is 0.328 e. The molecule has 0 saturated carbocycles. The third-order valence-electron chi connectivity index (χ3n) is 2.91. The monoisotopic (exact) mass is 263 g/mol. The summed E-state index contributed by atoms with van der Waals surface area (Å²) in [5.74, 6) is -0.412. The molecule has 0 aliphatic heterocycles. The molecular formula is C15H21NO3. The summed E-state index contributed by atoms with van der Waals surface area (Å²) in [5.41, 5.74) is 1.00. The van der Waals surface area contributed by atoms with Crippen LogP contribution in [0.15, 0.2) is 30.3 Å². The Morgan fingerprint density at radius 3 is 2.37 bits per heavy atom. The third-order valence-corrected chi connectivity index (χ3v) is 2.91. The fourth-order valence-corrected chi connectivity index (χ4v) is 1.81. The number of esters is 1. The lowest BCUT2D eigenvalue weighted by Gasteiger charge is -2.27. The Bertz CT molecular complexity index is 417. The molecule has 4 heteroatoms. The second kappa shape index (κ2) is 7.56. The largest absolute Gasteiger partial charge is 0.464 e. The van der Waals surface area contributed by atoms with Crippen LogP contribution in [-0.4, -0.2) is 29.4 Å². The van der Waals surface area contributed by atoms with E-state index >= 15 is 0 Å². The van der Waals surface area contributed by atoms with Crippen molar-refractivity contribution in [3.8, 4) is 0 Å². The molecule has 19 heavy (non-hydrogen) atoms. The molecular weight excluding hydrogens is 242 g/mol. The number of hydrogen-bond donors (Lipinski definition) is 0. The Hall–Kier alpha value is -1.84. The molecule has 0 radical (unpaired) electrons. The highest BCUT2D eigenvalue weighted by atomic mass is 16.5. The molecule has 1 atom stereocenters. The summed E-state index contributed by atoms with van der Waals surface area (Å²) in [5, 5.41) is 0. The Kier molecular flexibility index (Phi) is 6.06. The predicted molar refractivity (Wildman–Crippen MR) is 73.4 cm³/mol. The lowest BCUT2D eigenvalue weighted by Crippen LogP contribution is -2.43. The molecule has 0 bridgehead atoms. The van der Waals surface area contributed by atoms with Crippen molar-refractivity contribution < 1.29 is 14.3 Å². The first kappa shape index (κ1) is 15.2. The van der Waals surface area contributed by atoms with E-state index in [1.54, 1.807) is 25.7 Å². The molecule has 0 N–H and O–H groups in total.